The zero-order valence-corrected chi connectivity index (χ0v) is 10.9. The van der Waals surface area contributed by atoms with Gasteiger partial charge in [0.15, 0.2) is 5.75 Å². The molecule has 1 atom stereocenters. The molecule has 1 unspecified atom stereocenters. The van der Waals surface area contributed by atoms with Crippen molar-refractivity contribution in [2.45, 2.75) is 39.8 Å². The molecule has 1 aromatic heterocycles. The maximum atomic E-state index is 12.3. The Balaban J connectivity index is 3.09. The van der Waals surface area contributed by atoms with Crippen molar-refractivity contribution in [3.8, 4) is 5.75 Å². The Morgan fingerprint density at radius 2 is 2.24 bits per heavy atom. The van der Waals surface area contributed by atoms with Crippen molar-refractivity contribution in [2.75, 3.05) is 7.11 Å². The fourth-order valence-electron chi connectivity index (χ4n) is 1.61. The van der Waals surface area contributed by atoms with Crippen molar-refractivity contribution in [3.05, 3.63) is 11.9 Å². The summed E-state index contributed by atoms with van der Waals surface area (Å²) in [7, 11) is 1.53. The molecule has 5 nitrogen and oxygen atoms in total. The molecule has 2 N–H and O–H groups in total. The molecule has 1 heterocycles. The molecule has 0 aliphatic carbocycles. The van der Waals surface area contributed by atoms with E-state index in [0.29, 0.717) is 18.0 Å². The van der Waals surface area contributed by atoms with Crippen LogP contribution in [0.2, 0.25) is 0 Å². The van der Waals surface area contributed by atoms with Crippen molar-refractivity contribution in [3.63, 3.8) is 0 Å². The minimum Gasteiger partial charge on any atom is -0.493 e. The van der Waals surface area contributed by atoms with E-state index in [2.05, 4.69) is 5.10 Å². The quantitative estimate of drug-likeness (QED) is 0.763. The Bertz CT molecular complexity index is 385. The fraction of sp³-hybridized carbons (Fsp3) is 0.667. The van der Waals surface area contributed by atoms with Crippen molar-refractivity contribution in [1.82, 2.24) is 9.78 Å². The lowest BCUT2D eigenvalue weighted by Gasteiger charge is -2.15. The second-order valence-electron chi connectivity index (χ2n) is 4.42. The highest BCUT2D eigenvalue weighted by atomic mass is 16.5. The molecule has 0 bridgehead atoms. The normalized spacial score (nSPS) is 12.8. The van der Waals surface area contributed by atoms with Crippen LogP contribution >= 0.6 is 0 Å². The van der Waals surface area contributed by atoms with Gasteiger partial charge in [-0.1, -0.05) is 20.8 Å². The third kappa shape index (κ3) is 2.85. The second kappa shape index (κ2) is 5.82. The molecular formula is C12H21N3O2. The summed E-state index contributed by atoms with van der Waals surface area (Å²) in [6.07, 6.45) is 2.47. The summed E-state index contributed by atoms with van der Waals surface area (Å²) < 4.78 is 6.83. The van der Waals surface area contributed by atoms with E-state index in [-0.39, 0.29) is 11.7 Å². The Kier molecular flexibility index (Phi) is 4.69. The Morgan fingerprint density at radius 3 is 2.71 bits per heavy atom. The van der Waals surface area contributed by atoms with Crippen molar-refractivity contribution >= 4 is 5.78 Å². The molecule has 17 heavy (non-hydrogen) atoms. The molecule has 1 aromatic rings. The SMILES string of the molecule is CCCn1ncc(OC)c1C(=O)C(N)C(C)C. The van der Waals surface area contributed by atoms with Gasteiger partial charge in [-0.25, -0.2) is 0 Å². The molecule has 0 saturated heterocycles. The van der Waals surface area contributed by atoms with Crippen LogP contribution in [0.15, 0.2) is 6.20 Å². The highest BCUT2D eigenvalue weighted by molar-refractivity contribution is 6.00. The smallest absolute Gasteiger partial charge is 0.201 e. The number of rotatable bonds is 6. The highest BCUT2D eigenvalue weighted by Crippen LogP contribution is 2.21. The number of Topliss-reactive ketones (excluding diaryl/α,β-unsaturated/α-hetero) is 1. The van der Waals surface area contributed by atoms with E-state index in [4.69, 9.17) is 10.5 Å². The molecule has 0 aliphatic heterocycles. The van der Waals surface area contributed by atoms with Crippen molar-refractivity contribution < 1.29 is 9.53 Å². The number of aryl methyl sites for hydroxylation is 1. The van der Waals surface area contributed by atoms with Crippen LogP contribution in [0.3, 0.4) is 0 Å². The van der Waals surface area contributed by atoms with Crippen molar-refractivity contribution in [2.24, 2.45) is 11.7 Å². The molecule has 0 fully saturated rings. The van der Waals surface area contributed by atoms with E-state index in [0.717, 1.165) is 6.42 Å². The van der Waals surface area contributed by atoms with Gasteiger partial charge in [-0.15, -0.1) is 0 Å². The summed E-state index contributed by atoms with van der Waals surface area (Å²) in [6.45, 7) is 6.57. The van der Waals surface area contributed by atoms with Crippen molar-refractivity contribution in [1.29, 1.82) is 0 Å². The molecule has 96 valence electrons. The van der Waals surface area contributed by atoms with E-state index < -0.39 is 6.04 Å². The lowest BCUT2D eigenvalue weighted by Crippen LogP contribution is -2.37. The number of aromatic nitrogens is 2. The summed E-state index contributed by atoms with van der Waals surface area (Å²) in [5.41, 5.74) is 6.38. The second-order valence-corrected chi connectivity index (χ2v) is 4.42. The average molecular weight is 239 g/mol. The number of ketones is 1. The third-order valence-corrected chi connectivity index (χ3v) is 2.72. The number of hydrogen-bond acceptors (Lipinski definition) is 4. The van der Waals surface area contributed by atoms with Gasteiger partial charge in [0.1, 0.15) is 5.69 Å². The van der Waals surface area contributed by atoms with Gasteiger partial charge < -0.3 is 10.5 Å². The van der Waals surface area contributed by atoms with Crippen LogP contribution in [0.5, 0.6) is 5.75 Å². The van der Waals surface area contributed by atoms with E-state index in [1.165, 1.54) is 7.11 Å². The molecule has 1 rings (SSSR count). The summed E-state index contributed by atoms with van der Waals surface area (Å²) in [5.74, 6) is 0.486. The Hall–Kier alpha value is -1.36. The van der Waals surface area contributed by atoms with Crippen LogP contribution in [-0.4, -0.2) is 28.7 Å². The van der Waals surface area contributed by atoms with Gasteiger partial charge in [-0.05, 0) is 12.3 Å². The number of hydrogen-bond donors (Lipinski definition) is 1. The maximum absolute atomic E-state index is 12.3. The summed E-state index contributed by atoms with van der Waals surface area (Å²) in [5, 5.41) is 4.15. The van der Waals surface area contributed by atoms with Gasteiger partial charge in [0.2, 0.25) is 5.78 Å². The molecule has 0 amide bonds. The maximum Gasteiger partial charge on any atom is 0.201 e. The predicted octanol–water partition coefficient (Wildman–Crippen LogP) is 1.47. The largest absolute Gasteiger partial charge is 0.493 e. The summed E-state index contributed by atoms with van der Waals surface area (Å²) >= 11 is 0. The minimum absolute atomic E-state index is 0.0946. The van der Waals surface area contributed by atoms with Crippen LogP contribution < -0.4 is 10.5 Å². The van der Waals surface area contributed by atoms with Gasteiger partial charge in [0.05, 0.1) is 19.3 Å². The summed E-state index contributed by atoms with van der Waals surface area (Å²) in [4.78, 5) is 12.3. The van der Waals surface area contributed by atoms with E-state index in [9.17, 15) is 4.79 Å². The van der Waals surface area contributed by atoms with Crippen LogP contribution in [0.1, 0.15) is 37.7 Å². The molecule has 0 saturated carbocycles. The molecule has 0 spiro atoms. The van der Waals surface area contributed by atoms with Gasteiger partial charge in [0.25, 0.3) is 0 Å². The number of nitrogens with zero attached hydrogens (tertiary/aromatic N) is 2. The number of methoxy groups -OCH3 is 1. The lowest BCUT2D eigenvalue weighted by atomic mass is 9.98. The third-order valence-electron chi connectivity index (χ3n) is 2.72. The topological polar surface area (TPSA) is 70.1 Å². The van der Waals surface area contributed by atoms with E-state index >= 15 is 0 Å². The molecule has 5 heteroatoms. The van der Waals surface area contributed by atoms with Gasteiger partial charge >= 0.3 is 0 Å². The lowest BCUT2D eigenvalue weighted by molar-refractivity contribution is 0.0926. The van der Waals surface area contributed by atoms with Crippen LogP contribution in [-0.2, 0) is 6.54 Å². The standard InChI is InChI=1S/C12H21N3O2/c1-5-6-15-11(9(17-4)7-14-15)12(16)10(13)8(2)3/h7-8,10H,5-6,13H2,1-4H3. The monoisotopic (exact) mass is 239 g/mol. The Morgan fingerprint density at radius 1 is 1.59 bits per heavy atom. The molecule has 0 radical (unpaired) electrons. The summed E-state index contributed by atoms with van der Waals surface area (Å²) in [6, 6.07) is -0.517. The van der Waals surface area contributed by atoms with Crippen LogP contribution in [0, 0.1) is 5.92 Å². The number of carbonyl (C=O) groups is 1. The average Bonchev–Trinajstić information content (AvgIpc) is 2.70. The predicted molar refractivity (Wildman–Crippen MR) is 66.2 cm³/mol. The minimum atomic E-state index is -0.517. The number of ether oxygens (including phenoxy) is 1. The van der Waals surface area contributed by atoms with Gasteiger partial charge in [-0.2, -0.15) is 5.10 Å². The molecule has 0 aromatic carbocycles. The van der Waals surface area contributed by atoms with Crippen LogP contribution in [0.25, 0.3) is 0 Å². The Labute approximate surface area is 102 Å². The number of carbonyl (C=O) groups excluding carboxylic acids is 1. The van der Waals surface area contributed by atoms with E-state index in [1.54, 1.807) is 10.9 Å². The zero-order chi connectivity index (χ0) is 13.0. The van der Waals surface area contributed by atoms with Crippen LogP contribution in [0.4, 0.5) is 0 Å². The first-order valence-corrected chi connectivity index (χ1v) is 5.92. The molecule has 0 aliphatic rings. The first-order chi connectivity index (χ1) is 8.02. The van der Waals surface area contributed by atoms with Gasteiger partial charge in [-0.3, -0.25) is 9.48 Å². The zero-order valence-electron chi connectivity index (χ0n) is 10.9. The highest BCUT2D eigenvalue weighted by Gasteiger charge is 2.26. The molecular weight excluding hydrogens is 218 g/mol. The first-order valence-electron chi connectivity index (χ1n) is 5.92. The fourth-order valence-corrected chi connectivity index (χ4v) is 1.61. The van der Waals surface area contributed by atoms with Gasteiger partial charge in [0, 0.05) is 6.54 Å². The van der Waals surface area contributed by atoms with E-state index in [1.807, 2.05) is 20.8 Å². The first kappa shape index (κ1) is 13.7. The number of nitrogens with two attached hydrogens (primary N) is 1.